The van der Waals surface area contributed by atoms with Crippen LogP contribution in [0.3, 0.4) is 0 Å². The lowest BCUT2D eigenvalue weighted by Gasteiger charge is -1.96. The average molecular weight is 141 g/mol. The number of hydrogen-bond acceptors (Lipinski definition) is 0. The average Bonchev–Trinajstić information content (AvgIpc) is 1.97. The zero-order valence-corrected chi connectivity index (χ0v) is 7.36. The Kier molecular flexibility index (Phi) is 8.75. The van der Waals surface area contributed by atoms with Gasteiger partial charge >= 0.3 is 0 Å². The van der Waals surface area contributed by atoms with Crippen molar-refractivity contribution in [3.63, 3.8) is 0 Å². The van der Waals surface area contributed by atoms with Gasteiger partial charge < -0.3 is 0 Å². The highest BCUT2D eigenvalue weighted by molar-refractivity contribution is 4.45. The molecule has 0 aliphatic carbocycles. The molecule has 10 heavy (non-hydrogen) atoms. The van der Waals surface area contributed by atoms with Crippen LogP contribution in [0.4, 0.5) is 0 Å². The fourth-order valence-electron chi connectivity index (χ4n) is 1.13. The highest BCUT2D eigenvalue weighted by Gasteiger charge is 1.89. The Morgan fingerprint density at radius 1 is 0.800 bits per heavy atom. The van der Waals surface area contributed by atoms with E-state index in [1.54, 1.807) is 0 Å². The third-order valence-corrected chi connectivity index (χ3v) is 1.85. The van der Waals surface area contributed by atoms with Gasteiger partial charge in [-0.15, -0.1) is 0 Å². The fourth-order valence-corrected chi connectivity index (χ4v) is 1.13. The van der Waals surface area contributed by atoms with Crippen molar-refractivity contribution < 1.29 is 0 Å². The molecule has 0 amide bonds. The molecule has 0 spiro atoms. The van der Waals surface area contributed by atoms with Gasteiger partial charge in [-0.1, -0.05) is 39.0 Å². The zero-order chi connectivity index (χ0) is 7.66. The van der Waals surface area contributed by atoms with Crippen molar-refractivity contribution in [1.29, 1.82) is 0 Å². The fraction of sp³-hybridized carbons (Fsp3) is 0.900. The summed E-state index contributed by atoms with van der Waals surface area (Å²) in [6.45, 7) is 6.08. The summed E-state index contributed by atoms with van der Waals surface area (Å²) in [5.41, 5.74) is 0. The molecule has 0 heterocycles. The van der Waals surface area contributed by atoms with Crippen molar-refractivity contribution in [2.24, 2.45) is 0 Å². The van der Waals surface area contributed by atoms with Crippen molar-refractivity contribution in [2.75, 3.05) is 0 Å². The molecule has 0 heteroatoms. The van der Waals surface area contributed by atoms with Crippen molar-refractivity contribution in [3.05, 3.63) is 6.92 Å². The summed E-state index contributed by atoms with van der Waals surface area (Å²) in [5, 5.41) is 0. The van der Waals surface area contributed by atoms with Crippen LogP contribution in [0, 0.1) is 6.92 Å². The lowest BCUT2D eigenvalue weighted by Crippen LogP contribution is -1.77. The lowest BCUT2D eigenvalue weighted by molar-refractivity contribution is 0.592. The maximum Gasteiger partial charge on any atom is 0.0850 e. The van der Waals surface area contributed by atoms with Crippen molar-refractivity contribution in [1.82, 2.24) is 0 Å². The van der Waals surface area contributed by atoms with E-state index in [9.17, 15) is 0 Å². The van der Waals surface area contributed by atoms with Crippen LogP contribution in [0.1, 0.15) is 58.3 Å². The molecule has 0 radical (unpaired) electrons. The van der Waals surface area contributed by atoms with E-state index in [0.29, 0.717) is 0 Å². The Bertz CT molecular complexity index is 40.0. The van der Waals surface area contributed by atoms with Gasteiger partial charge in [0.25, 0.3) is 0 Å². The largest absolute Gasteiger partial charge is 0.0850 e. The molecule has 0 bridgehead atoms. The van der Waals surface area contributed by atoms with Crippen LogP contribution in [0.2, 0.25) is 0 Å². The third kappa shape index (κ3) is 7.87. The van der Waals surface area contributed by atoms with Crippen LogP contribution < -0.4 is 0 Å². The Labute approximate surface area is 66.0 Å². The van der Waals surface area contributed by atoms with Gasteiger partial charge in [0.05, 0.1) is 13.3 Å². The van der Waals surface area contributed by atoms with Gasteiger partial charge in [-0.2, -0.15) is 0 Å². The van der Waals surface area contributed by atoms with Crippen LogP contribution >= 0.6 is 0 Å². The van der Waals surface area contributed by atoms with Crippen molar-refractivity contribution in [3.8, 4) is 0 Å². The Balaban J connectivity index is 2.65. The van der Waals surface area contributed by atoms with Crippen LogP contribution in [-0.4, -0.2) is 0 Å². The molecular weight excluding hydrogens is 120 g/mol. The molecule has 0 rings (SSSR count). The molecule has 0 saturated heterocycles. The second-order valence-electron chi connectivity index (χ2n) is 2.97. The van der Waals surface area contributed by atoms with E-state index in [2.05, 4.69) is 13.8 Å². The van der Waals surface area contributed by atoms with E-state index in [0.717, 1.165) is 6.42 Å². The van der Waals surface area contributed by atoms with E-state index < -0.39 is 0 Å². The zero-order valence-electron chi connectivity index (χ0n) is 7.36. The summed E-state index contributed by atoms with van der Waals surface area (Å²) in [5.74, 6) is 0. The summed E-state index contributed by atoms with van der Waals surface area (Å²) in [6.07, 6.45) is 10.9. The Hall–Kier alpha value is -0.130. The molecule has 0 aromatic rings. The molecule has 0 unspecified atom stereocenters. The first-order chi connectivity index (χ1) is 4.91. The van der Waals surface area contributed by atoms with Gasteiger partial charge in [-0.25, -0.2) is 0 Å². The molecule has 60 valence electrons. The lowest BCUT2D eigenvalue weighted by atomic mass is 10.1. The molecule has 0 aliphatic rings. The van der Waals surface area contributed by atoms with Gasteiger partial charge in [0.1, 0.15) is 0 Å². The second kappa shape index (κ2) is 8.87. The maximum atomic E-state index is 3.82. The molecule has 0 nitrogen and oxygen atoms in total. The predicted octanol–water partition coefficient (Wildman–Crippen LogP) is 3.96. The first-order valence-electron chi connectivity index (χ1n) is 4.71. The number of hydrogen-bond donors (Lipinski definition) is 0. The molecule has 0 fully saturated rings. The molecule has 0 N–H and O–H groups in total. The van der Waals surface area contributed by atoms with E-state index in [1.807, 2.05) is 0 Å². The van der Waals surface area contributed by atoms with Gasteiger partial charge in [-0.05, 0) is 12.8 Å². The minimum Gasteiger partial charge on any atom is -0.0654 e. The first-order valence-corrected chi connectivity index (χ1v) is 4.71. The van der Waals surface area contributed by atoms with Gasteiger partial charge in [0.2, 0.25) is 0 Å². The van der Waals surface area contributed by atoms with Crippen LogP contribution in [0.25, 0.3) is 0 Å². The molecule has 0 aliphatic heterocycles. The molecule has 0 aromatic heterocycles. The van der Waals surface area contributed by atoms with Crippen LogP contribution in [0.5, 0.6) is 0 Å². The molecule has 0 aromatic carbocycles. The maximum absolute atomic E-state index is 3.82. The molecular formula is C10H21+. The Morgan fingerprint density at radius 2 is 1.30 bits per heavy atom. The van der Waals surface area contributed by atoms with Crippen molar-refractivity contribution in [2.45, 2.75) is 58.3 Å². The van der Waals surface area contributed by atoms with Gasteiger partial charge in [-0.3, -0.25) is 0 Å². The smallest absolute Gasteiger partial charge is 0.0654 e. The minimum atomic E-state index is 1.12. The summed E-state index contributed by atoms with van der Waals surface area (Å²) in [6, 6.07) is 0. The first kappa shape index (κ1) is 9.87. The third-order valence-electron chi connectivity index (χ3n) is 1.85. The van der Waals surface area contributed by atoms with Gasteiger partial charge in [0, 0.05) is 0 Å². The van der Waals surface area contributed by atoms with E-state index in [-0.39, 0.29) is 0 Å². The van der Waals surface area contributed by atoms with E-state index >= 15 is 0 Å². The summed E-state index contributed by atoms with van der Waals surface area (Å²) in [4.78, 5) is 0. The predicted molar refractivity (Wildman–Crippen MR) is 48.0 cm³/mol. The van der Waals surface area contributed by atoms with Crippen LogP contribution in [0.15, 0.2) is 0 Å². The van der Waals surface area contributed by atoms with E-state index in [4.69, 9.17) is 0 Å². The van der Waals surface area contributed by atoms with Gasteiger partial charge in [0.15, 0.2) is 0 Å². The monoisotopic (exact) mass is 141 g/mol. The normalized spacial score (nSPS) is 10.1. The summed E-state index contributed by atoms with van der Waals surface area (Å²) in [7, 11) is 0. The SMILES string of the molecule is [CH2+]CCCCCCCCC. The molecule has 0 atom stereocenters. The highest BCUT2D eigenvalue weighted by atomic mass is 13.9. The quantitative estimate of drug-likeness (QED) is 0.372. The summed E-state index contributed by atoms with van der Waals surface area (Å²) < 4.78 is 0. The van der Waals surface area contributed by atoms with E-state index in [1.165, 1.54) is 44.9 Å². The minimum absolute atomic E-state index is 1.12. The highest BCUT2D eigenvalue weighted by Crippen LogP contribution is 2.07. The summed E-state index contributed by atoms with van der Waals surface area (Å²) >= 11 is 0. The standard InChI is InChI=1S/C10H21/c1-3-5-7-9-10-8-6-4-2/h1,3-10H2,2H3/q+1. The molecule has 0 saturated carbocycles. The number of unbranched alkanes of at least 4 members (excludes halogenated alkanes) is 7. The topological polar surface area (TPSA) is 0 Å². The second-order valence-corrected chi connectivity index (χ2v) is 2.97. The Morgan fingerprint density at radius 3 is 1.80 bits per heavy atom. The number of rotatable bonds is 7. The van der Waals surface area contributed by atoms with Crippen molar-refractivity contribution >= 4 is 0 Å². The van der Waals surface area contributed by atoms with Crippen LogP contribution in [-0.2, 0) is 0 Å².